The molecule has 3 heterocycles. The lowest BCUT2D eigenvalue weighted by molar-refractivity contribution is -0.747. The van der Waals surface area contributed by atoms with Crippen LogP contribution in [-0.4, -0.2) is 45.5 Å². The Morgan fingerprint density at radius 2 is 1.94 bits per heavy atom. The zero-order valence-electron chi connectivity index (χ0n) is 20.0. The topological polar surface area (TPSA) is 76.3 Å². The van der Waals surface area contributed by atoms with Gasteiger partial charge in [0, 0.05) is 18.5 Å². The lowest BCUT2D eigenvalue weighted by atomic mass is 9.84. The molecule has 1 aromatic rings. The van der Waals surface area contributed by atoms with Gasteiger partial charge in [0.15, 0.2) is 0 Å². The van der Waals surface area contributed by atoms with E-state index in [4.69, 9.17) is 4.74 Å². The molecule has 1 unspecified atom stereocenters. The van der Waals surface area contributed by atoms with Gasteiger partial charge in [-0.2, -0.15) is 4.48 Å². The number of carbonyl (C=O) groups excluding carboxylic acids is 1. The first-order valence-electron chi connectivity index (χ1n) is 11.9. The lowest BCUT2D eigenvalue weighted by Gasteiger charge is -2.41. The number of fused-ring (bicyclic) bond motifs is 2. The number of ether oxygens (including phenoxy) is 1. The number of esters is 1. The molecular formula is C26H28F2N5O2+. The van der Waals surface area contributed by atoms with Gasteiger partial charge in [-0.25, -0.2) is 18.6 Å². The second-order valence-corrected chi connectivity index (χ2v) is 10.2. The number of hydrogen-bond donors (Lipinski definition) is 0. The fourth-order valence-electron chi connectivity index (χ4n) is 5.31. The number of allylic oxidation sites excluding steroid dienone is 4. The van der Waals surface area contributed by atoms with Gasteiger partial charge in [0.2, 0.25) is 12.0 Å². The predicted octanol–water partition coefficient (Wildman–Crippen LogP) is 5.24. The molecule has 1 atom stereocenters. The third-order valence-electron chi connectivity index (χ3n) is 7.16. The molecular weight excluding hydrogens is 452 g/mol. The summed E-state index contributed by atoms with van der Waals surface area (Å²) in [6, 6.07) is 3.01. The minimum absolute atomic E-state index is 0.00199. The Labute approximate surface area is 202 Å². The van der Waals surface area contributed by atoms with Crippen LogP contribution in [0.2, 0.25) is 0 Å². The summed E-state index contributed by atoms with van der Waals surface area (Å²) in [6.07, 6.45) is 10.00. The standard InChI is InChI=1S/C26H28F2N5O2/c1-26(2,3)33-15-31-32-22(33)14-30-21-13-17(27)8-11-19(21)24(33)25(34)35-18-9-6-16(7-10-18)23-20(28)5-4-12-29-23/h4-5,8,12-16,18H,6-7,9-11H2,1-3H3/q+1. The Balaban J connectivity index is 1.45. The van der Waals surface area contributed by atoms with Gasteiger partial charge in [0.05, 0.1) is 17.0 Å². The van der Waals surface area contributed by atoms with E-state index in [2.05, 4.69) is 20.2 Å². The Morgan fingerprint density at radius 1 is 1.17 bits per heavy atom. The summed E-state index contributed by atoms with van der Waals surface area (Å²) >= 11 is 0. The molecule has 2 aliphatic carbocycles. The molecule has 9 heteroatoms. The largest absolute Gasteiger partial charge is 0.455 e. The van der Waals surface area contributed by atoms with Crippen LogP contribution >= 0.6 is 0 Å². The summed E-state index contributed by atoms with van der Waals surface area (Å²) in [6.45, 7) is 5.96. The molecule has 35 heavy (non-hydrogen) atoms. The fraction of sp³-hybridized carbons (Fsp3) is 0.423. The first kappa shape index (κ1) is 23.4. The molecule has 0 radical (unpaired) electrons. The van der Waals surface area contributed by atoms with Crippen LogP contribution in [0.4, 0.5) is 8.78 Å². The van der Waals surface area contributed by atoms with Crippen molar-refractivity contribution in [1.82, 2.24) is 4.98 Å². The zero-order chi connectivity index (χ0) is 24.8. The Kier molecular flexibility index (Phi) is 5.83. The molecule has 0 aromatic carbocycles. The number of aliphatic imine (C=N–C) groups is 1. The summed E-state index contributed by atoms with van der Waals surface area (Å²) in [5.74, 6) is -0.712. The van der Waals surface area contributed by atoms with Crippen molar-refractivity contribution in [2.75, 3.05) is 0 Å². The van der Waals surface area contributed by atoms with Gasteiger partial charge in [-0.1, -0.05) is 10.2 Å². The van der Waals surface area contributed by atoms with E-state index in [9.17, 15) is 13.6 Å². The molecule has 182 valence electrons. The molecule has 0 bridgehead atoms. The van der Waals surface area contributed by atoms with E-state index >= 15 is 0 Å². The number of quaternary nitrogens is 1. The maximum atomic E-state index is 14.2. The van der Waals surface area contributed by atoms with E-state index in [-0.39, 0.29) is 28.7 Å². The summed E-state index contributed by atoms with van der Waals surface area (Å²) in [7, 11) is 0. The number of rotatable bonds is 3. The van der Waals surface area contributed by atoms with Gasteiger partial charge in [-0.05, 0) is 70.7 Å². The second kappa shape index (κ2) is 8.71. The van der Waals surface area contributed by atoms with Gasteiger partial charge in [0.1, 0.15) is 29.5 Å². The average molecular weight is 481 g/mol. The summed E-state index contributed by atoms with van der Waals surface area (Å²) < 4.78 is 34.3. The molecule has 0 N–H and O–H groups in total. The third-order valence-corrected chi connectivity index (χ3v) is 7.16. The Hall–Kier alpha value is -3.33. The van der Waals surface area contributed by atoms with Crippen LogP contribution in [0.1, 0.15) is 64.5 Å². The maximum Gasteiger partial charge on any atom is 0.394 e. The number of amidine groups is 1. The predicted molar refractivity (Wildman–Crippen MR) is 129 cm³/mol. The maximum absolute atomic E-state index is 14.2. The van der Waals surface area contributed by atoms with Crippen molar-refractivity contribution in [2.24, 2.45) is 15.2 Å². The number of nitrogens with zero attached hydrogens (tertiary/aromatic N) is 5. The second-order valence-electron chi connectivity index (χ2n) is 10.2. The van der Waals surface area contributed by atoms with Crippen LogP contribution in [-0.2, 0) is 9.53 Å². The summed E-state index contributed by atoms with van der Waals surface area (Å²) in [5.41, 5.74) is 1.27. The quantitative estimate of drug-likeness (QED) is 0.439. The molecule has 0 spiro atoms. The molecule has 1 fully saturated rings. The SMILES string of the molecule is CC(C)(C)[N+]12C=NN=C1C=NC1=CC(F)=CCC1=C2C(=O)OC1CCC(c2ncccc2F)CC1. The number of aromatic nitrogens is 1. The summed E-state index contributed by atoms with van der Waals surface area (Å²) in [5, 5.41) is 8.39. The average Bonchev–Trinajstić information content (AvgIpc) is 3.19. The van der Waals surface area contributed by atoms with E-state index in [0.717, 1.165) is 0 Å². The van der Waals surface area contributed by atoms with Gasteiger partial charge in [-0.3, -0.25) is 4.98 Å². The molecule has 0 saturated heterocycles. The lowest BCUT2D eigenvalue weighted by Crippen LogP contribution is -2.62. The first-order valence-corrected chi connectivity index (χ1v) is 11.9. The van der Waals surface area contributed by atoms with E-state index < -0.39 is 17.3 Å². The minimum Gasteiger partial charge on any atom is -0.455 e. The van der Waals surface area contributed by atoms with E-state index in [1.165, 1.54) is 18.2 Å². The normalized spacial score (nSPS) is 28.0. The van der Waals surface area contributed by atoms with E-state index in [0.29, 0.717) is 54.2 Å². The highest BCUT2D eigenvalue weighted by atomic mass is 19.1. The van der Waals surface area contributed by atoms with Crippen molar-refractivity contribution < 1.29 is 22.8 Å². The highest BCUT2D eigenvalue weighted by Gasteiger charge is 2.56. The van der Waals surface area contributed by atoms with Crippen LogP contribution in [0.5, 0.6) is 0 Å². The molecule has 2 aliphatic heterocycles. The molecule has 4 aliphatic rings. The van der Waals surface area contributed by atoms with Gasteiger partial charge < -0.3 is 4.74 Å². The molecule has 5 rings (SSSR count). The fourth-order valence-corrected chi connectivity index (χ4v) is 5.31. The Morgan fingerprint density at radius 3 is 2.66 bits per heavy atom. The van der Waals surface area contributed by atoms with Crippen LogP contribution in [0.15, 0.2) is 68.5 Å². The van der Waals surface area contributed by atoms with Crippen LogP contribution in [0, 0.1) is 5.82 Å². The van der Waals surface area contributed by atoms with E-state index in [1.807, 2.05) is 20.8 Å². The van der Waals surface area contributed by atoms with Crippen LogP contribution in [0.3, 0.4) is 0 Å². The first-order chi connectivity index (χ1) is 16.7. The van der Waals surface area contributed by atoms with Crippen molar-refractivity contribution >= 4 is 24.4 Å². The summed E-state index contributed by atoms with van der Waals surface area (Å²) in [4.78, 5) is 22.5. The molecule has 7 nitrogen and oxygen atoms in total. The van der Waals surface area contributed by atoms with E-state index in [1.54, 1.807) is 24.8 Å². The number of halogens is 2. The third kappa shape index (κ3) is 3.97. The van der Waals surface area contributed by atoms with Gasteiger partial charge >= 0.3 is 5.97 Å². The van der Waals surface area contributed by atoms with Crippen LogP contribution < -0.4 is 0 Å². The number of pyridine rings is 1. The molecule has 0 amide bonds. The van der Waals surface area contributed by atoms with Crippen molar-refractivity contribution in [1.29, 1.82) is 0 Å². The smallest absolute Gasteiger partial charge is 0.394 e. The van der Waals surface area contributed by atoms with Crippen LogP contribution in [0.25, 0.3) is 0 Å². The van der Waals surface area contributed by atoms with Gasteiger partial charge in [0.25, 0.3) is 5.84 Å². The van der Waals surface area contributed by atoms with Crippen molar-refractivity contribution in [3.05, 3.63) is 64.8 Å². The number of hydrogen-bond acceptors (Lipinski definition) is 6. The van der Waals surface area contributed by atoms with Crippen molar-refractivity contribution in [2.45, 2.75) is 70.4 Å². The monoisotopic (exact) mass is 480 g/mol. The zero-order valence-corrected chi connectivity index (χ0v) is 20.0. The highest BCUT2D eigenvalue weighted by molar-refractivity contribution is 6.30. The van der Waals surface area contributed by atoms with Crippen molar-refractivity contribution in [3.63, 3.8) is 0 Å². The molecule has 1 aromatic heterocycles. The molecule has 1 saturated carbocycles. The van der Waals surface area contributed by atoms with Crippen molar-refractivity contribution in [3.8, 4) is 0 Å². The highest BCUT2D eigenvalue weighted by Crippen LogP contribution is 2.42. The minimum atomic E-state index is -0.546. The number of carbonyl (C=O) groups is 1. The Bertz CT molecular complexity index is 1250. The van der Waals surface area contributed by atoms with Gasteiger partial charge in [-0.15, -0.1) is 0 Å².